The summed E-state index contributed by atoms with van der Waals surface area (Å²) in [7, 11) is 0. The van der Waals surface area contributed by atoms with Crippen molar-refractivity contribution in [3.05, 3.63) is 0 Å². The van der Waals surface area contributed by atoms with Crippen LogP contribution >= 0.6 is 0 Å². The van der Waals surface area contributed by atoms with Gasteiger partial charge in [-0.3, -0.25) is 0 Å². The van der Waals surface area contributed by atoms with Crippen LogP contribution in [-0.2, 0) is 0 Å². The topological polar surface area (TPSA) is 24.1 Å². The van der Waals surface area contributed by atoms with Gasteiger partial charge in [-0.15, -0.1) is 0 Å². The normalized spacial score (nSPS) is 41.8. The van der Waals surface area contributed by atoms with E-state index in [4.69, 9.17) is 0 Å². The maximum absolute atomic E-state index is 3.66. The minimum Gasteiger partial charge on any atom is -0.314 e. The molecule has 2 N–H and O–H groups in total. The van der Waals surface area contributed by atoms with Gasteiger partial charge in [-0.25, -0.2) is 0 Å². The van der Waals surface area contributed by atoms with Gasteiger partial charge in [0, 0.05) is 12.1 Å². The molecule has 0 radical (unpaired) electrons. The van der Waals surface area contributed by atoms with Gasteiger partial charge in [-0.1, -0.05) is 6.42 Å². The predicted molar refractivity (Wildman–Crippen MR) is 55.8 cm³/mol. The summed E-state index contributed by atoms with van der Waals surface area (Å²) < 4.78 is 0. The first-order chi connectivity index (χ1) is 6.36. The highest BCUT2D eigenvalue weighted by Crippen LogP contribution is 2.22. The Morgan fingerprint density at radius 3 is 2.54 bits per heavy atom. The zero-order valence-corrected chi connectivity index (χ0v) is 8.68. The van der Waals surface area contributed by atoms with Crippen LogP contribution in [-0.4, -0.2) is 25.2 Å². The molecule has 0 aromatic heterocycles. The SMILES string of the molecule is CC1CCC(C2CCCCN2)CN1. The first kappa shape index (κ1) is 9.47. The highest BCUT2D eigenvalue weighted by atomic mass is 15.0. The fourth-order valence-corrected chi connectivity index (χ4v) is 2.65. The van der Waals surface area contributed by atoms with Crippen LogP contribution in [0.2, 0.25) is 0 Å². The molecule has 2 aliphatic heterocycles. The van der Waals surface area contributed by atoms with Crippen LogP contribution in [0.5, 0.6) is 0 Å². The Balaban J connectivity index is 1.79. The monoisotopic (exact) mass is 182 g/mol. The van der Waals surface area contributed by atoms with Crippen LogP contribution in [0, 0.1) is 5.92 Å². The van der Waals surface area contributed by atoms with E-state index in [2.05, 4.69) is 17.6 Å². The fourth-order valence-electron chi connectivity index (χ4n) is 2.65. The van der Waals surface area contributed by atoms with Crippen molar-refractivity contribution in [2.24, 2.45) is 5.92 Å². The van der Waals surface area contributed by atoms with Crippen molar-refractivity contribution in [1.82, 2.24) is 10.6 Å². The molecule has 0 bridgehead atoms. The third-order valence-electron chi connectivity index (χ3n) is 3.62. The van der Waals surface area contributed by atoms with E-state index in [9.17, 15) is 0 Å². The van der Waals surface area contributed by atoms with Gasteiger partial charge in [0.05, 0.1) is 0 Å². The molecule has 13 heavy (non-hydrogen) atoms. The zero-order valence-electron chi connectivity index (χ0n) is 8.68. The highest BCUT2D eigenvalue weighted by molar-refractivity contribution is 4.85. The Labute approximate surface area is 81.5 Å². The molecule has 0 spiro atoms. The lowest BCUT2D eigenvalue weighted by molar-refractivity contribution is 0.226. The molecule has 3 atom stereocenters. The van der Waals surface area contributed by atoms with E-state index in [1.807, 2.05) is 0 Å². The van der Waals surface area contributed by atoms with E-state index >= 15 is 0 Å². The van der Waals surface area contributed by atoms with Gasteiger partial charge in [-0.2, -0.15) is 0 Å². The summed E-state index contributed by atoms with van der Waals surface area (Å²) in [5, 5.41) is 7.25. The molecule has 2 heteroatoms. The van der Waals surface area contributed by atoms with E-state index < -0.39 is 0 Å². The Bertz CT molecular complexity index is 144. The molecule has 2 aliphatic rings. The molecule has 0 aromatic rings. The quantitative estimate of drug-likeness (QED) is 0.642. The van der Waals surface area contributed by atoms with Crippen LogP contribution < -0.4 is 10.6 Å². The smallest absolute Gasteiger partial charge is 0.0107 e. The minimum atomic E-state index is 0.750. The van der Waals surface area contributed by atoms with E-state index in [0.717, 1.165) is 18.0 Å². The molecule has 0 aromatic carbocycles. The summed E-state index contributed by atoms with van der Waals surface area (Å²) in [4.78, 5) is 0. The first-order valence-corrected chi connectivity index (χ1v) is 5.83. The van der Waals surface area contributed by atoms with Gasteiger partial charge in [0.1, 0.15) is 0 Å². The molecule has 0 saturated carbocycles. The number of rotatable bonds is 1. The summed E-state index contributed by atoms with van der Waals surface area (Å²) in [6.45, 7) is 4.78. The summed E-state index contributed by atoms with van der Waals surface area (Å²) in [5.74, 6) is 0.900. The average molecular weight is 182 g/mol. The van der Waals surface area contributed by atoms with Gasteiger partial charge in [0.2, 0.25) is 0 Å². The van der Waals surface area contributed by atoms with E-state index in [-0.39, 0.29) is 0 Å². The van der Waals surface area contributed by atoms with E-state index in [0.29, 0.717) is 0 Å². The van der Waals surface area contributed by atoms with Crippen molar-refractivity contribution < 1.29 is 0 Å². The maximum Gasteiger partial charge on any atom is 0.0107 e. The fraction of sp³-hybridized carbons (Fsp3) is 1.00. The Morgan fingerprint density at radius 2 is 1.92 bits per heavy atom. The molecule has 2 saturated heterocycles. The Kier molecular flexibility index (Phi) is 3.23. The summed E-state index contributed by atoms with van der Waals surface area (Å²) in [6.07, 6.45) is 7.01. The van der Waals surface area contributed by atoms with Crippen molar-refractivity contribution in [2.45, 2.75) is 51.1 Å². The third kappa shape index (κ3) is 2.44. The molecule has 2 fully saturated rings. The number of piperidine rings is 2. The van der Waals surface area contributed by atoms with Crippen molar-refractivity contribution >= 4 is 0 Å². The second-order valence-corrected chi connectivity index (χ2v) is 4.70. The van der Waals surface area contributed by atoms with Crippen LogP contribution in [0.15, 0.2) is 0 Å². The lowest BCUT2D eigenvalue weighted by Crippen LogP contribution is -2.48. The summed E-state index contributed by atoms with van der Waals surface area (Å²) in [5.41, 5.74) is 0. The van der Waals surface area contributed by atoms with Gasteiger partial charge >= 0.3 is 0 Å². The van der Waals surface area contributed by atoms with Crippen molar-refractivity contribution in [1.29, 1.82) is 0 Å². The summed E-state index contributed by atoms with van der Waals surface area (Å²) >= 11 is 0. The average Bonchev–Trinajstić information content (AvgIpc) is 2.20. The van der Waals surface area contributed by atoms with Gasteiger partial charge in [0.15, 0.2) is 0 Å². The number of hydrogen-bond acceptors (Lipinski definition) is 2. The van der Waals surface area contributed by atoms with Gasteiger partial charge < -0.3 is 10.6 Å². The molecule has 2 heterocycles. The van der Waals surface area contributed by atoms with Crippen LogP contribution in [0.25, 0.3) is 0 Å². The second-order valence-electron chi connectivity index (χ2n) is 4.70. The molecule has 2 rings (SSSR count). The van der Waals surface area contributed by atoms with Crippen LogP contribution in [0.1, 0.15) is 39.0 Å². The Hall–Kier alpha value is -0.0800. The number of nitrogens with one attached hydrogen (secondary N) is 2. The standard InChI is InChI=1S/C11H22N2/c1-9-5-6-10(8-13-9)11-4-2-3-7-12-11/h9-13H,2-8H2,1H3. The molecular weight excluding hydrogens is 160 g/mol. The molecule has 2 nitrogen and oxygen atoms in total. The lowest BCUT2D eigenvalue weighted by Gasteiger charge is -2.36. The van der Waals surface area contributed by atoms with E-state index in [1.165, 1.54) is 45.2 Å². The molecule has 0 aliphatic carbocycles. The van der Waals surface area contributed by atoms with E-state index in [1.54, 1.807) is 0 Å². The Morgan fingerprint density at radius 1 is 1.00 bits per heavy atom. The first-order valence-electron chi connectivity index (χ1n) is 5.83. The van der Waals surface area contributed by atoms with Gasteiger partial charge in [0.25, 0.3) is 0 Å². The molecule has 76 valence electrons. The maximum atomic E-state index is 3.66. The number of hydrogen-bond donors (Lipinski definition) is 2. The molecule has 3 unspecified atom stereocenters. The lowest BCUT2D eigenvalue weighted by atomic mass is 9.85. The van der Waals surface area contributed by atoms with Crippen molar-refractivity contribution in [3.8, 4) is 0 Å². The van der Waals surface area contributed by atoms with Crippen molar-refractivity contribution in [3.63, 3.8) is 0 Å². The van der Waals surface area contributed by atoms with Crippen LogP contribution in [0.3, 0.4) is 0 Å². The highest BCUT2D eigenvalue weighted by Gasteiger charge is 2.26. The summed E-state index contributed by atoms with van der Waals surface area (Å²) in [6, 6.07) is 1.56. The minimum absolute atomic E-state index is 0.750. The molecular formula is C11H22N2. The van der Waals surface area contributed by atoms with Gasteiger partial charge in [-0.05, 0) is 51.6 Å². The third-order valence-corrected chi connectivity index (χ3v) is 3.62. The second kappa shape index (κ2) is 4.43. The van der Waals surface area contributed by atoms with Crippen LogP contribution in [0.4, 0.5) is 0 Å². The predicted octanol–water partition coefficient (Wildman–Crippen LogP) is 1.52. The molecule has 0 amide bonds. The zero-order chi connectivity index (χ0) is 9.10. The largest absolute Gasteiger partial charge is 0.314 e. The van der Waals surface area contributed by atoms with Crippen molar-refractivity contribution in [2.75, 3.05) is 13.1 Å².